The highest BCUT2D eigenvalue weighted by atomic mass is 35.5. The van der Waals surface area contributed by atoms with Crippen LogP contribution < -0.4 is 4.90 Å². The molecule has 5 nitrogen and oxygen atoms in total. The van der Waals surface area contributed by atoms with Gasteiger partial charge in [-0.05, 0) is 13.3 Å². The van der Waals surface area contributed by atoms with Gasteiger partial charge in [0.05, 0.1) is 6.20 Å². The fraction of sp³-hybridized carbons (Fsp3) is 0.333. The molecule has 2 aromatic heterocycles. The van der Waals surface area contributed by atoms with Gasteiger partial charge in [-0.15, -0.1) is 4.98 Å². The average Bonchev–Trinajstić information content (AvgIpc) is 2.36. The smallest absolute Gasteiger partial charge is 0.288 e. The molecule has 90 valence electrons. The summed E-state index contributed by atoms with van der Waals surface area (Å²) in [6.07, 6.45) is 2.61. The normalized spacial score (nSPS) is 18.5. The Labute approximate surface area is 109 Å². The molecule has 0 bridgehead atoms. The van der Waals surface area contributed by atoms with Gasteiger partial charge in [-0.25, -0.2) is 4.98 Å². The summed E-state index contributed by atoms with van der Waals surface area (Å²) in [5.74, 6) is 1.03. The van der Waals surface area contributed by atoms with Crippen molar-refractivity contribution in [2.75, 3.05) is 11.4 Å². The number of aromatic nitrogens is 3. The van der Waals surface area contributed by atoms with E-state index in [1.807, 2.05) is 0 Å². The number of pyridine rings is 1. The van der Waals surface area contributed by atoms with Crippen LogP contribution in [0, 0.1) is 6.57 Å². The summed E-state index contributed by atoms with van der Waals surface area (Å²) in [6.45, 7) is 10.0. The van der Waals surface area contributed by atoms with Gasteiger partial charge in [0.25, 0.3) is 5.82 Å². The highest BCUT2D eigenvalue weighted by Crippen LogP contribution is 2.31. The first-order valence-electron chi connectivity index (χ1n) is 5.66. The molecular weight excluding hydrogens is 250 g/mol. The fourth-order valence-corrected chi connectivity index (χ4v) is 2.23. The Morgan fingerprint density at radius 2 is 2.33 bits per heavy atom. The van der Waals surface area contributed by atoms with Crippen LogP contribution in [-0.2, 0) is 0 Å². The Morgan fingerprint density at radius 3 is 2.94 bits per heavy atom. The molecule has 3 heterocycles. The van der Waals surface area contributed by atoms with Crippen molar-refractivity contribution in [2.24, 2.45) is 0 Å². The van der Waals surface area contributed by atoms with Gasteiger partial charge in [0.1, 0.15) is 5.15 Å². The standard InChI is InChI=1S/C12H10ClN5/c1-7-3-4-18(7)12-11-8(5-9(13)17-12)16-10(14-2)6-15-11/h5-7H,3-4H2,1H3/t7-/m0/s1. The third kappa shape index (κ3) is 1.66. The van der Waals surface area contributed by atoms with E-state index < -0.39 is 0 Å². The molecule has 1 atom stereocenters. The SMILES string of the molecule is [C-]#[N+]c1cnc2c(N3CC[C@@H]3C)nc(Cl)cc2n1. The van der Waals surface area contributed by atoms with Crippen molar-refractivity contribution in [1.29, 1.82) is 0 Å². The highest BCUT2D eigenvalue weighted by Gasteiger charge is 2.28. The molecule has 0 radical (unpaired) electrons. The zero-order chi connectivity index (χ0) is 12.7. The van der Waals surface area contributed by atoms with Crippen molar-refractivity contribution in [3.05, 3.63) is 28.8 Å². The average molecular weight is 260 g/mol. The van der Waals surface area contributed by atoms with Crippen molar-refractivity contribution in [1.82, 2.24) is 15.0 Å². The molecule has 1 fully saturated rings. The minimum absolute atomic E-state index is 0.271. The van der Waals surface area contributed by atoms with Gasteiger partial charge in [-0.1, -0.05) is 18.2 Å². The van der Waals surface area contributed by atoms with Gasteiger partial charge < -0.3 is 9.74 Å². The monoisotopic (exact) mass is 259 g/mol. The summed E-state index contributed by atoms with van der Waals surface area (Å²) in [7, 11) is 0. The van der Waals surface area contributed by atoms with E-state index in [1.54, 1.807) is 6.07 Å². The molecule has 0 N–H and O–H groups in total. The van der Waals surface area contributed by atoms with E-state index in [-0.39, 0.29) is 5.82 Å². The van der Waals surface area contributed by atoms with E-state index in [0.717, 1.165) is 18.8 Å². The Balaban J connectivity index is 2.22. The number of hydrogen-bond acceptors (Lipinski definition) is 4. The first-order chi connectivity index (χ1) is 8.69. The lowest BCUT2D eigenvalue weighted by atomic mass is 10.1. The molecule has 0 unspecified atom stereocenters. The van der Waals surface area contributed by atoms with Gasteiger partial charge in [0, 0.05) is 18.7 Å². The first kappa shape index (κ1) is 11.2. The van der Waals surface area contributed by atoms with Gasteiger partial charge in [0.2, 0.25) is 0 Å². The minimum Gasteiger partial charge on any atom is -0.359 e. The van der Waals surface area contributed by atoms with Crippen LogP contribution in [0.25, 0.3) is 15.9 Å². The van der Waals surface area contributed by atoms with Crippen molar-refractivity contribution in [3.8, 4) is 0 Å². The van der Waals surface area contributed by atoms with Crippen LogP contribution in [0.5, 0.6) is 0 Å². The lowest BCUT2D eigenvalue weighted by Gasteiger charge is -2.39. The molecule has 1 aliphatic rings. The van der Waals surface area contributed by atoms with Crippen molar-refractivity contribution >= 4 is 34.3 Å². The van der Waals surface area contributed by atoms with Gasteiger partial charge in [0.15, 0.2) is 16.9 Å². The third-order valence-corrected chi connectivity index (χ3v) is 3.37. The topological polar surface area (TPSA) is 46.3 Å². The maximum absolute atomic E-state index is 6.95. The zero-order valence-corrected chi connectivity index (χ0v) is 10.5. The summed E-state index contributed by atoms with van der Waals surface area (Å²) in [6, 6.07) is 2.09. The van der Waals surface area contributed by atoms with Gasteiger partial charge in [-0.3, -0.25) is 4.98 Å². The molecule has 0 saturated carbocycles. The predicted molar refractivity (Wildman–Crippen MR) is 70.0 cm³/mol. The molecule has 2 aromatic rings. The second-order valence-electron chi connectivity index (χ2n) is 4.31. The second kappa shape index (κ2) is 4.07. The van der Waals surface area contributed by atoms with Crippen LogP contribution in [-0.4, -0.2) is 27.5 Å². The van der Waals surface area contributed by atoms with E-state index in [0.29, 0.717) is 22.2 Å². The highest BCUT2D eigenvalue weighted by molar-refractivity contribution is 6.30. The number of fused-ring (bicyclic) bond motifs is 1. The summed E-state index contributed by atoms with van der Waals surface area (Å²) < 4.78 is 0. The van der Waals surface area contributed by atoms with Crippen LogP contribution in [0.2, 0.25) is 5.15 Å². The van der Waals surface area contributed by atoms with Crippen molar-refractivity contribution in [2.45, 2.75) is 19.4 Å². The van der Waals surface area contributed by atoms with Gasteiger partial charge in [-0.2, -0.15) is 0 Å². The largest absolute Gasteiger partial charge is 0.359 e. The van der Waals surface area contributed by atoms with Crippen LogP contribution >= 0.6 is 11.6 Å². The maximum atomic E-state index is 6.95. The first-order valence-corrected chi connectivity index (χ1v) is 6.04. The third-order valence-electron chi connectivity index (χ3n) is 3.17. The number of hydrogen-bond donors (Lipinski definition) is 0. The summed E-state index contributed by atoms with van der Waals surface area (Å²) in [5, 5.41) is 0.382. The maximum Gasteiger partial charge on any atom is 0.288 e. The van der Waals surface area contributed by atoms with E-state index in [9.17, 15) is 0 Å². The summed E-state index contributed by atoms with van der Waals surface area (Å²) >= 11 is 6.01. The number of nitrogens with zero attached hydrogens (tertiary/aromatic N) is 5. The molecule has 3 rings (SSSR count). The molecule has 1 saturated heterocycles. The van der Waals surface area contributed by atoms with E-state index >= 15 is 0 Å². The van der Waals surface area contributed by atoms with Crippen LogP contribution in [0.1, 0.15) is 13.3 Å². The Hall–Kier alpha value is -1.93. The number of rotatable bonds is 1. The molecule has 0 amide bonds. The molecule has 0 spiro atoms. The van der Waals surface area contributed by atoms with E-state index in [2.05, 4.69) is 31.6 Å². The lowest BCUT2D eigenvalue weighted by Crippen LogP contribution is -2.46. The quantitative estimate of drug-likeness (QED) is 0.584. The summed E-state index contributed by atoms with van der Waals surface area (Å²) in [5.41, 5.74) is 1.33. The molecule has 0 aliphatic carbocycles. The lowest BCUT2D eigenvalue weighted by molar-refractivity contribution is 0.477. The van der Waals surface area contributed by atoms with Gasteiger partial charge >= 0.3 is 0 Å². The van der Waals surface area contributed by atoms with E-state index in [1.165, 1.54) is 6.20 Å². The zero-order valence-electron chi connectivity index (χ0n) is 9.76. The van der Waals surface area contributed by atoms with E-state index in [4.69, 9.17) is 18.2 Å². The molecule has 6 heteroatoms. The second-order valence-corrected chi connectivity index (χ2v) is 4.69. The molecule has 18 heavy (non-hydrogen) atoms. The predicted octanol–water partition coefficient (Wildman–Crippen LogP) is 2.83. The number of halogens is 1. The Bertz CT molecular complexity index is 663. The van der Waals surface area contributed by atoms with Crippen LogP contribution in [0.3, 0.4) is 0 Å². The Morgan fingerprint density at radius 1 is 1.50 bits per heavy atom. The molecule has 0 aromatic carbocycles. The fourth-order valence-electron chi connectivity index (χ4n) is 2.05. The van der Waals surface area contributed by atoms with Crippen molar-refractivity contribution in [3.63, 3.8) is 0 Å². The Kier molecular flexibility index (Phi) is 2.53. The number of anilines is 1. The van der Waals surface area contributed by atoms with Crippen LogP contribution in [0.4, 0.5) is 11.6 Å². The summed E-state index contributed by atoms with van der Waals surface area (Å²) in [4.78, 5) is 18.3. The van der Waals surface area contributed by atoms with Crippen LogP contribution in [0.15, 0.2) is 12.3 Å². The van der Waals surface area contributed by atoms with Crippen molar-refractivity contribution < 1.29 is 0 Å². The minimum atomic E-state index is 0.271. The molecule has 1 aliphatic heterocycles. The molecular formula is C12H10ClN5.